The molecule has 1 atom stereocenters. The Labute approximate surface area is 102 Å². The third kappa shape index (κ3) is 2.80. The molecular weight excluding hydrogens is 196 g/mol. The van der Waals surface area contributed by atoms with E-state index in [9.17, 15) is 5.11 Å². The van der Waals surface area contributed by atoms with Gasteiger partial charge in [0, 0.05) is 0 Å². The average Bonchev–Trinajstić information content (AvgIpc) is 2.33. The second kappa shape index (κ2) is 6.05. The van der Waals surface area contributed by atoms with Crippen molar-refractivity contribution in [2.45, 2.75) is 78.7 Å². The summed E-state index contributed by atoms with van der Waals surface area (Å²) in [6.07, 6.45) is 9.03. The molecule has 0 saturated heterocycles. The lowest BCUT2D eigenvalue weighted by Crippen LogP contribution is -2.34. The topological polar surface area (TPSA) is 20.2 Å². The number of aliphatic hydroxyl groups is 1. The van der Waals surface area contributed by atoms with Crippen LogP contribution in [0.2, 0.25) is 0 Å². The molecule has 0 spiro atoms. The van der Waals surface area contributed by atoms with Crippen LogP contribution in [0.3, 0.4) is 0 Å². The van der Waals surface area contributed by atoms with Gasteiger partial charge in [-0.25, -0.2) is 0 Å². The summed E-state index contributed by atoms with van der Waals surface area (Å²) in [5.74, 6) is 1.47. The summed E-state index contributed by atoms with van der Waals surface area (Å²) >= 11 is 0. The van der Waals surface area contributed by atoms with Crippen molar-refractivity contribution in [1.82, 2.24) is 0 Å². The summed E-state index contributed by atoms with van der Waals surface area (Å²) < 4.78 is 0. The van der Waals surface area contributed by atoms with Gasteiger partial charge in [-0.3, -0.25) is 0 Å². The molecule has 1 rings (SSSR count). The maximum atomic E-state index is 9.64. The van der Waals surface area contributed by atoms with E-state index in [1.165, 1.54) is 44.9 Å². The molecular formula is C15H30O. The smallest absolute Gasteiger partial charge is 0.0540 e. The highest BCUT2D eigenvalue weighted by molar-refractivity contribution is 4.87. The monoisotopic (exact) mass is 226 g/mol. The second-order valence-electron chi connectivity index (χ2n) is 5.78. The van der Waals surface area contributed by atoms with E-state index in [1.54, 1.807) is 0 Å². The van der Waals surface area contributed by atoms with Crippen molar-refractivity contribution in [3.8, 4) is 0 Å². The molecule has 1 nitrogen and oxygen atoms in total. The van der Waals surface area contributed by atoms with Gasteiger partial charge < -0.3 is 5.11 Å². The largest absolute Gasteiger partial charge is 0.393 e. The van der Waals surface area contributed by atoms with Crippen LogP contribution in [0, 0.1) is 17.3 Å². The molecule has 1 fully saturated rings. The van der Waals surface area contributed by atoms with Crippen molar-refractivity contribution in [1.29, 1.82) is 0 Å². The molecule has 0 aromatic rings. The third-order valence-corrected chi connectivity index (χ3v) is 5.43. The maximum Gasteiger partial charge on any atom is 0.0540 e. The highest BCUT2D eigenvalue weighted by Crippen LogP contribution is 2.47. The van der Waals surface area contributed by atoms with Gasteiger partial charge in [-0.2, -0.15) is 0 Å². The molecule has 1 aliphatic carbocycles. The Morgan fingerprint density at radius 1 is 1.00 bits per heavy atom. The van der Waals surface area contributed by atoms with Gasteiger partial charge in [-0.05, 0) is 49.9 Å². The SMILES string of the molecule is CCC(CC)(CC)C1CCC(C(C)O)CC1. The molecule has 0 aromatic carbocycles. The maximum absolute atomic E-state index is 9.64. The Morgan fingerprint density at radius 3 is 1.75 bits per heavy atom. The fraction of sp³-hybridized carbons (Fsp3) is 1.00. The van der Waals surface area contributed by atoms with Gasteiger partial charge >= 0.3 is 0 Å². The van der Waals surface area contributed by atoms with Gasteiger partial charge in [0.1, 0.15) is 0 Å². The van der Waals surface area contributed by atoms with E-state index in [4.69, 9.17) is 0 Å². The van der Waals surface area contributed by atoms with Crippen LogP contribution >= 0.6 is 0 Å². The van der Waals surface area contributed by atoms with E-state index in [2.05, 4.69) is 20.8 Å². The molecule has 0 bridgehead atoms. The van der Waals surface area contributed by atoms with Gasteiger partial charge in [0.05, 0.1) is 6.10 Å². The molecule has 1 saturated carbocycles. The third-order valence-electron chi connectivity index (χ3n) is 5.43. The lowest BCUT2D eigenvalue weighted by atomic mass is 9.62. The summed E-state index contributed by atoms with van der Waals surface area (Å²) in [5.41, 5.74) is 0.587. The quantitative estimate of drug-likeness (QED) is 0.737. The van der Waals surface area contributed by atoms with Crippen LogP contribution in [-0.2, 0) is 0 Å². The zero-order chi connectivity index (χ0) is 12.2. The summed E-state index contributed by atoms with van der Waals surface area (Å²) in [6, 6.07) is 0. The van der Waals surface area contributed by atoms with Crippen molar-refractivity contribution in [2.24, 2.45) is 17.3 Å². The Hall–Kier alpha value is -0.0400. The van der Waals surface area contributed by atoms with E-state index >= 15 is 0 Å². The Bertz CT molecular complexity index is 177. The highest BCUT2D eigenvalue weighted by Gasteiger charge is 2.36. The van der Waals surface area contributed by atoms with Crippen LogP contribution in [0.4, 0.5) is 0 Å². The van der Waals surface area contributed by atoms with Gasteiger partial charge in [-0.15, -0.1) is 0 Å². The minimum Gasteiger partial charge on any atom is -0.393 e. The number of hydrogen-bond acceptors (Lipinski definition) is 1. The molecule has 0 radical (unpaired) electrons. The highest BCUT2D eigenvalue weighted by atomic mass is 16.3. The molecule has 96 valence electrons. The molecule has 16 heavy (non-hydrogen) atoms. The van der Waals surface area contributed by atoms with Crippen molar-refractivity contribution in [3.63, 3.8) is 0 Å². The first-order valence-corrected chi connectivity index (χ1v) is 7.27. The van der Waals surface area contributed by atoms with Crippen LogP contribution in [0.15, 0.2) is 0 Å². The molecule has 0 aliphatic heterocycles. The first-order valence-electron chi connectivity index (χ1n) is 7.27. The summed E-state index contributed by atoms with van der Waals surface area (Å²) in [4.78, 5) is 0. The first kappa shape index (κ1) is 14.0. The van der Waals surface area contributed by atoms with Crippen molar-refractivity contribution < 1.29 is 5.11 Å². The summed E-state index contributed by atoms with van der Waals surface area (Å²) in [6.45, 7) is 9.02. The zero-order valence-corrected chi connectivity index (χ0v) is 11.6. The van der Waals surface area contributed by atoms with Gasteiger partial charge in [0.2, 0.25) is 0 Å². The Morgan fingerprint density at radius 2 is 1.44 bits per heavy atom. The van der Waals surface area contributed by atoms with Crippen LogP contribution in [-0.4, -0.2) is 11.2 Å². The fourth-order valence-corrected chi connectivity index (χ4v) is 3.83. The molecule has 1 unspecified atom stereocenters. The van der Waals surface area contributed by atoms with Crippen molar-refractivity contribution in [2.75, 3.05) is 0 Å². The van der Waals surface area contributed by atoms with E-state index in [0.717, 1.165) is 5.92 Å². The minimum absolute atomic E-state index is 0.0970. The average molecular weight is 226 g/mol. The second-order valence-corrected chi connectivity index (χ2v) is 5.78. The minimum atomic E-state index is -0.0970. The molecule has 1 aliphatic rings. The van der Waals surface area contributed by atoms with Crippen molar-refractivity contribution >= 4 is 0 Å². The summed E-state index contributed by atoms with van der Waals surface area (Å²) in [7, 11) is 0. The standard InChI is InChI=1S/C15H30O/c1-5-15(6-2,7-3)14-10-8-13(9-11-14)12(4)16/h12-14,16H,5-11H2,1-4H3. The lowest BCUT2D eigenvalue weighted by Gasteiger charge is -2.43. The normalized spacial score (nSPS) is 29.1. The van der Waals surface area contributed by atoms with Crippen LogP contribution in [0.25, 0.3) is 0 Å². The summed E-state index contributed by atoms with van der Waals surface area (Å²) in [5, 5.41) is 9.64. The van der Waals surface area contributed by atoms with Crippen LogP contribution in [0.1, 0.15) is 72.6 Å². The predicted molar refractivity (Wildman–Crippen MR) is 70.4 cm³/mol. The molecule has 0 amide bonds. The molecule has 0 heterocycles. The molecule has 1 heteroatoms. The van der Waals surface area contributed by atoms with Gasteiger partial charge in [-0.1, -0.05) is 40.0 Å². The van der Waals surface area contributed by atoms with Gasteiger partial charge in [0.25, 0.3) is 0 Å². The van der Waals surface area contributed by atoms with Gasteiger partial charge in [0.15, 0.2) is 0 Å². The molecule has 0 aromatic heterocycles. The fourth-order valence-electron chi connectivity index (χ4n) is 3.83. The van der Waals surface area contributed by atoms with E-state index in [1.807, 2.05) is 6.92 Å². The predicted octanol–water partition coefficient (Wildman–Crippen LogP) is 4.39. The first-order chi connectivity index (χ1) is 7.59. The molecule has 1 N–H and O–H groups in total. The number of rotatable bonds is 5. The van der Waals surface area contributed by atoms with Crippen molar-refractivity contribution in [3.05, 3.63) is 0 Å². The Balaban J connectivity index is 2.57. The van der Waals surface area contributed by atoms with E-state index < -0.39 is 0 Å². The lowest BCUT2D eigenvalue weighted by molar-refractivity contribution is 0.0397. The van der Waals surface area contributed by atoms with E-state index in [0.29, 0.717) is 11.3 Å². The number of hydrogen-bond donors (Lipinski definition) is 1. The van der Waals surface area contributed by atoms with Crippen LogP contribution < -0.4 is 0 Å². The van der Waals surface area contributed by atoms with Crippen LogP contribution in [0.5, 0.6) is 0 Å². The zero-order valence-electron chi connectivity index (χ0n) is 11.6. The Kier molecular flexibility index (Phi) is 5.30. The number of aliphatic hydroxyl groups excluding tert-OH is 1. The van der Waals surface area contributed by atoms with E-state index in [-0.39, 0.29) is 6.10 Å².